The summed E-state index contributed by atoms with van der Waals surface area (Å²) in [6.45, 7) is 2.29. The van der Waals surface area contributed by atoms with E-state index >= 15 is 0 Å². The molecule has 0 unspecified atom stereocenters. The van der Waals surface area contributed by atoms with Crippen molar-refractivity contribution in [2.45, 2.75) is 6.92 Å². The third kappa shape index (κ3) is 3.12. The van der Waals surface area contributed by atoms with Gasteiger partial charge in [0.15, 0.2) is 5.78 Å². The molecule has 0 saturated heterocycles. The Bertz CT molecular complexity index is 1200. The Morgan fingerprint density at radius 1 is 0.893 bits per heavy atom. The van der Waals surface area contributed by atoms with E-state index < -0.39 is 0 Å². The topological polar surface area (TPSA) is 41.8 Å². The Morgan fingerprint density at radius 3 is 2.32 bits per heavy atom. The number of fused-ring (bicyclic) bond motifs is 3. The molecule has 0 aliphatic heterocycles. The minimum Gasteiger partial charge on any atom is -0.305 e. The van der Waals surface area contributed by atoms with Crippen molar-refractivity contribution in [3.05, 3.63) is 89.1 Å². The monoisotopic (exact) mass is 370 g/mol. The van der Waals surface area contributed by atoms with Gasteiger partial charge in [0.25, 0.3) is 0 Å². The number of likely N-dealkylation sites (N-methyl/N-ethyl adjacent to an activating group) is 1. The van der Waals surface area contributed by atoms with Gasteiger partial charge in [-0.25, -0.2) is 0 Å². The molecule has 140 valence electrons. The average molecular weight is 370 g/mol. The van der Waals surface area contributed by atoms with Crippen LogP contribution in [0.1, 0.15) is 32.0 Å². The van der Waals surface area contributed by atoms with Crippen LogP contribution in [0, 0.1) is 6.92 Å². The number of para-hydroxylation sites is 1. The number of Topliss-reactive ketones (excluding diaryl/α,β-unsaturated/α-hetero) is 1. The van der Waals surface area contributed by atoms with Crippen LogP contribution in [0.4, 0.5) is 0 Å². The molecule has 0 radical (unpaired) electrons. The van der Waals surface area contributed by atoms with Crippen LogP contribution < -0.4 is 0 Å². The minimum atomic E-state index is -0.0877. The molecule has 4 aromatic rings. The molecule has 4 heteroatoms. The number of hydrogen-bond donors (Lipinski definition) is 0. The van der Waals surface area contributed by atoms with Crippen molar-refractivity contribution in [2.75, 3.05) is 20.6 Å². The molecular formula is C24H22N2O2. The number of aryl methyl sites for hydroxylation is 1. The van der Waals surface area contributed by atoms with Crippen LogP contribution in [0.25, 0.3) is 16.4 Å². The number of nitrogens with zero attached hydrogens (tertiary/aromatic N) is 2. The zero-order chi connectivity index (χ0) is 19.8. The Kier molecular flexibility index (Phi) is 4.57. The van der Waals surface area contributed by atoms with E-state index in [-0.39, 0.29) is 11.6 Å². The lowest BCUT2D eigenvalue weighted by molar-refractivity contribution is 0.0959. The second-order valence-corrected chi connectivity index (χ2v) is 7.41. The van der Waals surface area contributed by atoms with Crippen molar-refractivity contribution in [1.82, 2.24) is 9.30 Å². The molecular weight excluding hydrogens is 348 g/mol. The first-order valence-electron chi connectivity index (χ1n) is 9.28. The summed E-state index contributed by atoms with van der Waals surface area (Å²) in [7, 11) is 3.73. The second kappa shape index (κ2) is 7.06. The predicted molar refractivity (Wildman–Crippen MR) is 112 cm³/mol. The standard InChI is InChI=1S/C24H22N2O2/c1-16-8-10-18(11-9-16)24(28)22-14-19(23(27)15-25(2)3)21-13-12-17-6-4-5-7-20(17)26(21)22/h4-14H,15H2,1-3H3. The molecule has 0 aliphatic carbocycles. The highest BCUT2D eigenvalue weighted by Crippen LogP contribution is 2.26. The summed E-state index contributed by atoms with van der Waals surface area (Å²) >= 11 is 0. The van der Waals surface area contributed by atoms with Gasteiger partial charge in [-0.3, -0.25) is 9.59 Å². The average Bonchev–Trinajstić information content (AvgIpc) is 3.08. The Hall–Kier alpha value is -3.24. The summed E-state index contributed by atoms with van der Waals surface area (Å²) in [6, 6.07) is 21.1. The fourth-order valence-electron chi connectivity index (χ4n) is 3.57. The zero-order valence-electron chi connectivity index (χ0n) is 16.3. The van der Waals surface area contributed by atoms with Gasteiger partial charge in [-0.15, -0.1) is 0 Å². The van der Waals surface area contributed by atoms with Crippen LogP contribution in [0.15, 0.2) is 66.7 Å². The molecule has 0 spiro atoms. The van der Waals surface area contributed by atoms with E-state index in [1.807, 2.05) is 91.0 Å². The second-order valence-electron chi connectivity index (χ2n) is 7.41. The number of pyridine rings is 1. The zero-order valence-corrected chi connectivity index (χ0v) is 16.3. The fraction of sp³-hybridized carbons (Fsp3) is 0.167. The van der Waals surface area contributed by atoms with Gasteiger partial charge in [-0.2, -0.15) is 0 Å². The van der Waals surface area contributed by atoms with Crippen molar-refractivity contribution in [1.29, 1.82) is 0 Å². The molecule has 0 bridgehead atoms. The number of carbonyl (C=O) groups is 2. The first-order valence-corrected chi connectivity index (χ1v) is 9.28. The van der Waals surface area contributed by atoms with Crippen LogP contribution in [-0.2, 0) is 0 Å². The van der Waals surface area contributed by atoms with Gasteiger partial charge in [-0.05, 0) is 44.6 Å². The number of ketones is 2. The molecule has 28 heavy (non-hydrogen) atoms. The molecule has 0 saturated carbocycles. The molecule has 0 fully saturated rings. The normalized spacial score (nSPS) is 11.4. The van der Waals surface area contributed by atoms with Gasteiger partial charge in [0.05, 0.1) is 23.3 Å². The Balaban J connectivity index is 1.98. The van der Waals surface area contributed by atoms with Crippen LogP contribution >= 0.6 is 0 Å². The van der Waals surface area contributed by atoms with Crippen molar-refractivity contribution >= 4 is 28.0 Å². The number of benzene rings is 2. The van der Waals surface area contributed by atoms with Gasteiger partial charge in [0, 0.05) is 11.1 Å². The molecule has 0 aliphatic rings. The highest BCUT2D eigenvalue weighted by Gasteiger charge is 2.22. The third-order valence-corrected chi connectivity index (χ3v) is 4.94. The first-order chi connectivity index (χ1) is 13.5. The molecule has 0 atom stereocenters. The molecule has 2 heterocycles. The molecule has 0 N–H and O–H groups in total. The van der Waals surface area contributed by atoms with Crippen molar-refractivity contribution < 1.29 is 9.59 Å². The first kappa shape index (κ1) is 18.1. The van der Waals surface area contributed by atoms with Crippen molar-refractivity contribution in [3.8, 4) is 0 Å². The summed E-state index contributed by atoms with van der Waals surface area (Å²) in [5.41, 5.74) is 4.49. The molecule has 0 amide bonds. The molecule has 2 aromatic heterocycles. The maximum absolute atomic E-state index is 13.3. The lowest BCUT2D eigenvalue weighted by atomic mass is 10.1. The summed E-state index contributed by atoms with van der Waals surface area (Å²) in [5, 5.41) is 1.02. The summed E-state index contributed by atoms with van der Waals surface area (Å²) in [5.74, 6) is -0.0870. The number of aromatic nitrogens is 1. The van der Waals surface area contributed by atoms with Crippen molar-refractivity contribution in [3.63, 3.8) is 0 Å². The lowest BCUT2D eigenvalue weighted by Crippen LogP contribution is -2.21. The van der Waals surface area contributed by atoms with Crippen LogP contribution in [0.3, 0.4) is 0 Å². The van der Waals surface area contributed by atoms with E-state index in [1.54, 1.807) is 6.07 Å². The predicted octanol–water partition coefficient (Wildman–Crippen LogP) is 4.38. The van der Waals surface area contributed by atoms with E-state index in [1.165, 1.54) is 0 Å². The van der Waals surface area contributed by atoms with E-state index in [0.717, 1.165) is 22.0 Å². The van der Waals surface area contributed by atoms with Gasteiger partial charge in [0.1, 0.15) is 0 Å². The Labute approximate surface area is 164 Å². The number of carbonyl (C=O) groups excluding carboxylic acids is 2. The third-order valence-electron chi connectivity index (χ3n) is 4.94. The van der Waals surface area contributed by atoms with E-state index in [0.29, 0.717) is 23.4 Å². The van der Waals surface area contributed by atoms with Crippen molar-refractivity contribution in [2.24, 2.45) is 0 Å². The summed E-state index contributed by atoms with van der Waals surface area (Å²) in [4.78, 5) is 28.0. The maximum atomic E-state index is 13.3. The van der Waals surface area contributed by atoms with Gasteiger partial charge in [-0.1, -0.05) is 54.1 Å². The Morgan fingerprint density at radius 2 is 1.61 bits per heavy atom. The number of rotatable bonds is 5. The fourth-order valence-corrected chi connectivity index (χ4v) is 3.57. The number of hydrogen-bond acceptors (Lipinski definition) is 3. The molecule has 4 nitrogen and oxygen atoms in total. The van der Waals surface area contributed by atoms with Crippen LogP contribution in [0.5, 0.6) is 0 Å². The summed E-state index contributed by atoms with van der Waals surface area (Å²) in [6.07, 6.45) is 0. The van der Waals surface area contributed by atoms with Gasteiger partial charge >= 0.3 is 0 Å². The lowest BCUT2D eigenvalue weighted by Gasteiger charge is -2.09. The summed E-state index contributed by atoms with van der Waals surface area (Å²) < 4.78 is 1.92. The highest BCUT2D eigenvalue weighted by molar-refractivity contribution is 6.13. The van der Waals surface area contributed by atoms with Gasteiger partial charge in [0.2, 0.25) is 5.78 Å². The largest absolute Gasteiger partial charge is 0.305 e. The SMILES string of the molecule is Cc1ccc(C(=O)c2cc(C(=O)CN(C)C)c3ccc4ccccc4n23)cc1. The molecule has 2 aromatic carbocycles. The van der Waals surface area contributed by atoms with E-state index in [9.17, 15) is 9.59 Å². The van der Waals surface area contributed by atoms with E-state index in [4.69, 9.17) is 0 Å². The van der Waals surface area contributed by atoms with Crippen LogP contribution in [-0.4, -0.2) is 41.5 Å². The maximum Gasteiger partial charge on any atom is 0.209 e. The van der Waals surface area contributed by atoms with Crippen LogP contribution in [0.2, 0.25) is 0 Å². The highest BCUT2D eigenvalue weighted by atomic mass is 16.1. The van der Waals surface area contributed by atoms with Gasteiger partial charge < -0.3 is 9.30 Å². The quantitative estimate of drug-likeness (QED) is 0.490. The minimum absolute atomic E-state index is 0.000683. The smallest absolute Gasteiger partial charge is 0.209 e. The van der Waals surface area contributed by atoms with E-state index in [2.05, 4.69) is 0 Å². The molecule has 4 rings (SSSR count).